The number of rotatable bonds is 2. The van der Waals surface area contributed by atoms with Crippen molar-refractivity contribution in [1.82, 2.24) is 9.97 Å². The van der Waals surface area contributed by atoms with Crippen LogP contribution in [0.15, 0.2) is 11.4 Å². The predicted octanol–water partition coefficient (Wildman–Crippen LogP) is 0.818. The van der Waals surface area contributed by atoms with E-state index < -0.39 is 9.84 Å². The molecule has 0 aliphatic rings. The Kier molecular flexibility index (Phi) is 2.35. The van der Waals surface area contributed by atoms with Crippen LogP contribution in [0.1, 0.15) is 5.82 Å². The lowest BCUT2D eigenvalue weighted by molar-refractivity contribution is 0.600. The molecule has 0 amide bonds. The van der Waals surface area contributed by atoms with Crippen molar-refractivity contribution < 1.29 is 8.42 Å². The third-order valence-electron chi connectivity index (χ3n) is 1.79. The highest BCUT2D eigenvalue weighted by Crippen LogP contribution is 2.23. The lowest BCUT2D eigenvalue weighted by Gasteiger charge is -2.00. The van der Waals surface area contributed by atoms with Crippen LogP contribution in [0.3, 0.4) is 0 Å². The van der Waals surface area contributed by atoms with Gasteiger partial charge < -0.3 is 5.73 Å². The summed E-state index contributed by atoms with van der Waals surface area (Å²) >= 11 is 1.42. The molecule has 0 fully saturated rings. The van der Waals surface area contributed by atoms with Gasteiger partial charge in [-0.2, -0.15) is 0 Å². The first-order valence-corrected chi connectivity index (χ1v) is 7.07. The monoisotopic (exact) mass is 243 g/mol. The van der Waals surface area contributed by atoms with E-state index in [2.05, 4.69) is 9.97 Å². The standard InChI is InChI=1S/C8H9N3O2S2/c1-15(12,13)4-6-10-7(9)5-2-3-14-8(5)11-6/h2-3H,4H2,1H3,(H2,9,10,11). The van der Waals surface area contributed by atoms with Crippen molar-refractivity contribution in [3.05, 3.63) is 17.3 Å². The maximum atomic E-state index is 11.1. The fourth-order valence-corrected chi connectivity index (χ4v) is 2.61. The molecule has 0 saturated heterocycles. The SMILES string of the molecule is CS(=O)(=O)Cc1nc(N)c2ccsc2n1. The molecule has 7 heteroatoms. The van der Waals surface area contributed by atoms with Crippen LogP contribution in [0, 0.1) is 0 Å². The number of thiophene rings is 1. The van der Waals surface area contributed by atoms with Crippen LogP contribution < -0.4 is 5.73 Å². The molecular weight excluding hydrogens is 234 g/mol. The minimum absolute atomic E-state index is 0.176. The van der Waals surface area contributed by atoms with Crippen molar-refractivity contribution in [2.75, 3.05) is 12.0 Å². The van der Waals surface area contributed by atoms with Gasteiger partial charge in [-0.05, 0) is 11.4 Å². The van der Waals surface area contributed by atoms with Crippen LogP contribution in [0.2, 0.25) is 0 Å². The van der Waals surface area contributed by atoms with Crippen LogP contribution in [0.4, 0.5) is 5.82 Å². The highest BCUT2D eigenvalue weighted by atomic mass is 32.2. The van der Waals surface area contributed by atoms with Crippen LogP contribution in [-0.4, -0.2) is 24.6 Å². The predicted molar refractivity (Wildman–Crippen MR) is 60.4 cm³/mol. The second kappa shape index (κ2) is 3.42. The Morgan fingerprint density at radius 2 is 2.20 bits per heavy atom. The Hall–Kier alpha value is -1.21. The van der Waals surface area contributed by atoms with Crippen molar-refractivity contribution in [3.63, 3.8) is 0 Å². The summed E-state index contributed by atoms with van der Waals surface area (Å²) in [5.41, 5.74) is 5.68. The summed E-state index contributed by atoms with van der Waals surface area (Å²) in [7, 11) is -3.12. The smallest absolute Gasteiger partial charge is 0.154 e. The first-order chi connectivity index (χ1) is 6.96. The van der Waals surface area contributed by atoms with Gasteiger partial charge in [0.25, 0.3) is 0 Å². The molecule has 2 heterocycles. The Morgan fingerprint density at radius 3 is 2.87 bits per heavy atom. The molecule has 2 rings (SSSR count). The summed E-state index contributed by atoms with van der Waals surface area (Å²) < 4.78 is 22.1. The minimum atomic E-state index is -3.12. The topological polar surface area (TPSA) is 85.9 Å². The summed E-state index contributed by atoms with van der Waals surface area (Å²) in [5, 5.41) is 2.62. The largest absolute Gasteiger partial charge is 0.383 e. The third-order valence-corrected chi connectivity index (χ3v) is 3.38. The maximum Gasteiger partial charge on any atom is 0.154 e. The number of fused-ring (bicyclic) bond motifs is 1. The zero-order valence-corrected chi connectivity index (χ0v) is 9.60. The molecule has 0 bridgehead atoms. The number of hydrogen-bond acceptors (Lipinski definition) is 6. The van der Waals surface area contributed by atoms with E-state index in [1.165, 1.54) is 11.3 Å². The highest BCUT2D eigenvalue weighted by Gasteiger charge is 2.11. The van der Waals surface area contributed by atoms with E-state index in [4.69, 9.17) is 5.73 Å². The molecule has 0 atom stereocenters. The van der Waals surface area contributed by atoms with Gasteiger partial charge in [0, 0.05) is 6.26 Å². The van der Waals surface area contributed by atoms with Gasteiger partial charge in [-0.25, -0.2) is 18.4 Å². The number of nitrogens with two attached hydrogens (primary N) is 1. The molecule has 80 valence electrons. The molecule has 2 aromatic rings. The minimum Gasteiger partial charge on any atom is -0.383 e. The summed E-state index contributed by atoms with van der Waals surface area (Å²) in [6.07, 6.45) is 1.14. The maximum absolute atomic E-state index is 11.1. The van der Waals surface area contributed by atoms with E-state index in [0.717, 1.165) is 16.5 Å². The van der Waals surface area contributed by atoms with E-state index in [-0.39, 0.29) is 11.6 Å². The van der Waals surface area contributed by atoms with Crippen molar-refractivity contribution >= 4 is 37.2 Å². The zero-order valence-electron chi connectivity index (χ0n) is 7.97. The van der Waals surface area contributed by atoms with E-state index in [9.17, 15) is 8.42 Å². The number of hydrogen-bond donors (Lipinski definition) is 1. The van der Waals surface area contributed by atoms with E-state index in [0.29, 0.717) is 5.82 Å². The van der Waals surface area contributed by atoms with Gasteiger partial charge >= 0.3 is 0 Å². The molecule has 5 nitrogen and oxygen atoms in total. The number of nitrogen functional groups attached to an aromatic ring is 1. The fourth-order valence-electron chi connectivity index (χ4n) is 1.22. The molecular formula is C8H9N3O2S2. The second-order valence-electron chi connectivity index (χ2n) is 3.23. The van der Waals surface area contributed by atoms with E-state index >= 15 is 0 Å². The summed E-state index contributed by atoms with van der Waals surface area (Å²) in [4.78, 5) is 8.81. The Balaban J connectivity index is 2.54. The molecule has 0 radical (unpaired) electrons. The van der Waals surface area contributed by atoms with Gasteiger partial charge in [-0.3, -0.25) is 0 Å². The van der Waals surface area contributed by atoms with Crippen molar-refractivity contribution in [2.45, 2.75) is 5.75 Å². The van der Waals surface area contributed by atoms with Crippen LogP contribution in [-0.2, 0) is 15.6 Å². The van der Waals surface area contributed by atoms with Gasteiger partial charge in [-0.15, -0.1) is 11.3 Å². The van der Waals surface area contributed by atoms with Crippen molar-refractivity contribution in [3.8, 4) is 0 Å². The summed E-state index contributed by atoms with van der Waals surface area (Å²) in [6.45, 7) is 0. The van der Waals surface area contributed by atoms with Gasteiger partial charge in [0.05, 0.1) is 5.39 Å². The molecule has 0 aliphatic heterocycles. The number of nitrogens with zero attached hydrogens (tertiary/aromatic N) is 2. The second-order valence-corrected chi connectivity index (χ2v) is 6.27. The summed E-state index contributed by atoms with van der Waals surface area (Å²) in [5.74, 6) is 0.412. The van der Waals surface area contributed by atoms with E-state index in [1.54, 1.807) is 0 Å². The molecule has 0 aliphatic carbocycles. The van der Waals surface area contributed by atoms with E-state index in [1.807, 2.05) is 11.4 Å². The van der Waals surface area contributed by atoms with Gasteiger partial charge in [-0.1, -0.05) is 0 Å². The van der Waals surface area contributed by atoms with Crippen LogP contribution in [0.25, 0.3) is 10.2 Å². The molecule has 2 N–H and O–H groups in total. The van der Waals surface area contributed by atoms with Crippen molar-refractivity contribution in [2.24, 2.45) is 0 Å². The van der Waals surface area contributed by atoms with Crippen molar-refractivity contribution in [1.29, 1.82) is 0 Å². The summed E-state index contributed by atoms with van der Waals surface area (Å²) in [6, 6.07) is 1.82. The van der Waals surface area contributed by atoms with Gasteiger partial charge in [0.15, 0.2) is 9.84 Å². The highest BCUT2D eigenvalue weighted by molar-refractivity contribution is 7.89. The Morgan fingerprint density at radius 1 is 1.47 bits per heavy atom. The molecule has 0 spiro atoms. The number of sulfone groups is 1. The Bertz CT molecular complexity index is 603. The van der Waals surface area contributed by atoms with Crippen LogP contribution in [0.5, 0.6) is 0 Å². The molecule has 0 unspecified atom stereocenters. The van der Waals surface area contributed by atoms with Crippen LogP contribution >= 0.6 is 11.3 Å². The van der Waals surface area contributed by atoms with Gasteiger partial charge in [0.2, 0.25) is 0 Å². The normalized spacial score (nSPS) is 12.1. The molecule has 15 heavy (non-hydrogen) atoms. The average molecular weight is 243 g/mol. The Labute approximate surface area is 90.9 Å². The first kappa shape index (κ1) is 10.3. The molecule has 0 saturated carbocycles. The number of aromatic nitrogens is 2. The molecule has 0 aromatic carbocycles. The quantitative estimate of drug-likeness (QED) is 0.843. The average Bonchev–Trinajstić information content (AvgIpc) is 2.48. The third kappa shape index (κ3) is 2.24. The first-order valence-electron chi connectivity index (χ1n) is 4.13. The number of anilines is 1. The van der Waals surface area contributed by atoms with Gasteiger partial charge in [0.1, 0.15) is 22.2 Å². The fraction of sp³-hybridized carbons (Fsp3) is 0.250. The zero-order chi connectivity index (χ0) is 11.1. The lowest BCUT2D eigenvalue weighted by atomic mass is 10.4. The molecule has 2 aromatic heterocycles. The lowest BCUT2D eigenvalue weighted by Crippen LogP contribution is -2.06.